The van der Waals surface area contributed by atoms with Crippen LogP contribution < -0.4 is 0 Å². The molecule has 29 heavy (non-hydrogen) atoms. The molecule has 0 bridgehead atoms. The summed E-state index contributed by atoms with van der Waals surface area (Å²) in [7, 11) is 0. The van der Waals surface area contributed by atoms with E-state index in [2.05, 4.69) is 105 Å². The van der Waals surface area contributed by atoms with Crippen LogP contribution in [0.4, 0.5) is 0 Å². The Morgan fingerprint density at radius 2 is 1.10 bits per heavy atom. The van der Waals surface area contributed by atoms with Gasteiger partial charge in [0.2, 0.25) is 0 Å². The predicted molar refractivity (Wildman–Crippen MR) is 127 cm³/mol. The summed E-state index contributed by atoms with van der Waals surface area (Å²) < 4.78 is 12.9. The molecular formula is C25H26Br2O2. The van der Waals surface area contributed by atoms with E-state index in [9.17, 15) is 0 Å². The molecule has 0 unspecified atom stereocenters. The first kappa shape index (κ1) is 22.2. The molecule has 0 spiro atoms. The lowest BCUT2D eigenvalue weighted by molar-refractivity contribution is -0.0619. The van der Waals surface area contributed by atoms with Gasteiger partial charge < -0.3 is 9.47 Å². The molecule has 0 aliphatic heterocycles. The number of rotatable bonds is 11. The van der Waals surface area contributed by atoms with E-state index in [-0.39, 0.29) is 6.10 Å². The first-order valence-corrected chi connectivity index (χ1v) is 12.1. The summed E-state index contributed by atoms with van der Waals surface area (Å²) in [4.78, 5) is 0. The van der Waals surface area contributed by atoms with Crippen LogP contribution >= 0.6 is 31.9 Å². The molecule has 3 aromatic rings. The Kier molecular flexibility index (Phi) is 8.93. The summed E-state index contributed by atoms with van der Waals surface area (Å²) in [5.74, 6) is 0. The van der Waals surface area contributed by atoms with Gasteiger partial charge in [0.15, 0.2) is 0 Å². The molecule has 0 saturated heterocycles. The first-order valence-electron chi connectivity index (χ1n) is 9.85. The van der Waals surface area contributed by atoms with E-state index in [0.717, 1.165) is 33.8 Å². The van der Waals surface area contributed by atoms with Crippen LogP contribution in [0.5, 0.6) is 0 Å². The largest absolute Gasteiger partial charge is 0.375 e. The number of hydrogen-bond donors (Lipinski definition) is 0. The Balaban J connectivity index is 2.07. The average Bonchev–Trinajstić information content (AvgIpc) is 2.80. The number of ether oxygens (including phenoxy) is 2. The molecule has 3 rings (SSSR count). The lowest BCUT2D eigenvalue weighted by Crippen LogP contribution is -2.36. The maximum Gasteiger partial charge on any atom is 0.143 e. The van der Waals surface area contributed by atoms with Crippen molar-refractivity contribution in [3.05, 3.63) is 108 Å². The molecule has 3 aromatic carbocycles. The van der Waals surface area contributed by atoms with Crippen LogP contribution in [0.2, 0.25) is 0 Å². The first-order chi connectivity index (χ1) is 14.3. The SMILES string of the molecule is BrCCO[C@@H](CCBr)COC(c1ccccc1)(c1ccccc1)c1ccccc1. The van der Waals surface area contributed by atoms with Gasteiger partial charge in [-0.2, -0.15) is 0 Å². The van der Waals surface area contributed by atoms with Gasteiger partial charge in [0.05, 0.1) is 19.3 Å². The van der Waals surface area contributed by atoms with Crippen molar-refractivity contribution in [3.63, 3.8) is 0 Å². The quantitative estimate of drug-likeness (QED) is 0.212. The normalized spacial score (nSPS) is 12.6. The monoisotopic (exact) mass is 516 g/mol. The van der Waals surface area contributed by atoms with Gasteiger partial charge in [-0.1, -0.05) is 123 Å². The third-order valence-electron chi connectivity index (χ3n) is 4.89. The third kappa shape index (κ3) is 5.58. The van der Waals surface area contributed by atoms with Gasteiger partial charge >= 0.3 is 0 Å². The maximum atomic E-state index is 6.84. The van der Waals surface area contributed by atoms with Crippen molar-refractivity contribution in [1.29, 1.82) is 0 Å². The Bertz CT molecular complexity index is 729. The second-order valence-electron chi connectivity index (χ2n) is 6.75. The molecule has 0 saturated carbocycles. The van der Waals surface area contributed by atoms with Crippen molar-refractivity contribution in [3.8, 4) is 0 Å². The molecule has 0 fully saturated rings. The molecule has 0 heterocycles. The summed E-state index contributed by atoms with van der Waals surface area (Å²) in [6.07, 6.45) is 0.906. The Hall–Kier alpha value is -1.46. The summed E-state index contributed by atoms with van der Waals surface area (Å²) in [6.45, 7) is 1.16. The molecule has 0 radical (unpaired) electrons. The molecule has 152 valence electrons. The fourth-order valence-electron chi connectivity index (χ4n) is 3.53. The van der Waals surface area contributed by atoms with Gasteiger partial charge in [-0.15, -0.1) is 0 Å². The topological polar surface area (TPSA) is 18.5 Å². The highest BCUT2D eigenvalue weighted by atomic mass is 79.9. The lowest BCUT2D eigenvalue weighted by atomic mass is 9.80. The number of benzene rings is 3. The van der Waals surface area contributed by atoms with E-state index in [4.69, 9.17) is 9.47 Å². The van der Waals surface area contributed by atoms with Gasteiger partial charge in [0, 0.05) is 10.7 Å². The highest BCUT2D eigenvalue weighted by molar-refractivity contribution is 9.09. The zero-order chi connectivity index (χ0) is 20.4. The highest BCUT2D eigenvalue weighted by Crippen LogP contribution is 2.40. The third-order valence-corrected chi connectivity index (χ3v) is 5.67. The van der Waals surface area contributed by atoms with Gasteiger partial charge in [-0.05, 0) is 23.1 Å². The fraction of sp³-hybridized carbons (Fsp3) is 0.280. The van der Waals surface area contributed by atoms with E-state index in [0.29, 0.717) is 13.2 Å². The van der Waals surface area contributed by atoms with Crippen LogP contribution in [0, 0.1) is 0 Å². The van der Waals surface area contributed by atoms with E-state index in [1.807, 2.05) is 18.2 Å². The summed E-state index contributed by atoms with van der Waals surface area (Å²) >= 11 is 7.00. The van der Waals surface area contributed by atoms with Crippen LogP contribution in [0.1, 0.15) is 23.1 Å². The van der Waals surface area contributed by atoms with E-state index < -0.39 is 5.60 Å². The van der Waals surface area contributed by atoms with Crippen molar-refractivity contribution in [2.24, 2.45) is 0 Å². The molecule has 0 N–H and O–H groups in total. The Morgan fingerprint density at radius 1 is 0.655 bits per heavy atom. The molecule has 0 aliphatic rings. The fourth-order valence-corrected chi connectivity index (χ4v) is 4.23. The number of hydrogen-bond acceptors (Lipinski definition) is 2. The number of halogens is 2. The van der Waals surface area contributed by atoms with Gasteiger partial charge in [0.1, 0.15) is 5.60 Å². The van der Waals surface area contributed by atoms with Crippen molar-refractivity contribution in [2.75, 3.05) is 23.9 Å². The minimum absolute atomic E-state index is 0.0161. The molecule has 0 aromatic heterocycles. The zero-order valence-electron chi connectivity index (χ0n) is 16.3. The molecule has 0 aliphatic carbocycles. The highest BCUT2D eigenvalue weighted by Gasteiger charge is 2.38. The minimum atomic E-state index is -0.702. The minimum Gasteiger partial charge on any atom is -0.375 e. The molecule has 4 heteroatoms. The van der Waals surface area contributed by atoms with Crippen molar-refractivity contribution in [2.45, 2.75) is 18.1 Å². The van der Waals surface area contributed by atoms with Crippen LogP contribution in [0.15, 0.2) is 91.0 Å². The van der Waals surface area contributed by atoms with Crippen LogP contribution in [-0.4, -0.2) is 30.0 Å². The molecule has 0 amide bonds. The van der Waals surface area contributed by atoms with Gasteiger partial charge in [-0.3, -0.25) is 0 Å². The molecule has 2 nitrogen and oxygen atoms in total. The summed E-state index contributed by atoms with van der Waals surface area (Å²) in [6, 6.07) is 31.3. The van der Waals surface area contributed by atoms with Crippen LogP contribution in [0.25, 0.3) is 0 Å². The van der Waals surface area contributed by atoms with Crippen LogP contribution in [-0.2, 0) is 15.1 Å². The van der Waals surface area contributed by atoms with E-state index in [1.54, 1.807) is 0 Å². The van der Waals surface area contributed by atoms with E-state index in [1.165, 1.54) is 0 Å². The van der Waals surface area contributed by atoms with Crippen molar-refractivity contribution < 1.29 is 9.47 Å². The maximum absolute atomic E-state index is 6.84. The van der Waals surface area contributed by atoms with E-state index >= 15 is 0 Å². The smallest absolute Gasteiger partial charge is 0.143 e. The van der Waals surface area contributed by atoms with Crippen molar-refractivity contribution >= 4 is 31.9 Å². The standard InChI is InChI=1S/C25H26Br2O2/c26-17-16-24(28-19-18-27)20-29-25(21-10-4-1-5-11-21,22-12-6-2-7-13-22)23-14-8-3-9-15-23/h1-15,24H,16-20H2/t24-/m0/s1. The Morgan fingerprint density at radius 3 is 1.48 bits per heavy atom. The summed E-state index contributed by atoms with van der Waals surface area (Å²) in [5.41, 5.74) is 2.62. The molecular weight excluding hydrogens is 492 g/mol. The Labute approximate surface area is 190 Å². The summed E-state index contributed by atoms with van der Waals surface area (Å²) in [5, 5.41) is 1.69. The predicted octanol–water partition coefficient (Wildman–Crippen LogP) is 6.56. The van der Waals surface area contributed by atoms with Crippen molar-refractivity contribution in [1.82, 2.24) is 0 Å². The second kappa shape index (κ2) is 11.7. The average molecular weight is 518 g/mol. The van der Waals surface area contributed by atoms with Gasteiger partial charge in [-0.25, -0.2) is 0 Å². The van der Waals surface area contributed by atoms with Gasteiger partial charge in [0.25, 0.3) is 0 Å². The number of alkyl halides is 2. The second-order valence-corrected chi connectivity index (χ2v) is 8.34. The zero-order valence-corrected chi connectivity index (χ0v) is 19.5. The van der Waals surface area contributed by atoms with Crippen LogP contribution in [0.3, 0.4) is 0 Å². The lowest BCUT2D eigenvalue weighted by Gasteiger charge is -2.37. The molecule has 1 atom stereocenters.